The summed E-state index contributed by atoms with van der Waals surface area (Å²) in [7, 11) is 0. The van der Waals surface area contributed by atoms with E-state index in [9.17, 15) is 14.4 Å². The highest BCUT2D eigenvalue weighted by atomic mass is 35.5. The fourth-order valence-electron chi connectivity index (χ4n) is 3.60. The highest BCUT2D eigenvalue weighted by Gasteiger charge is 2.24. The molecule has 0 heterocycles. The first-order valence-corrected chi connectivity index (χ1v) is 11.8. The Morgan fingerprint density at radius 1 is 1.13 bits per heavy atom. The number of esters is 1. The van der Waals surface area contributed by atoms with Gasteiger partial charge in [-0.2, -0.15) is 11.8 Å². The summed E-state index contributed by atoms with van der Waals surface area (Å²) in [6, 6.07) is 7.82. The van der Waals surface area contributed by atoms with E-state index < -0.39 is 17.9 Å². The maximum atomic E-state index is 12.8. The summed E-state index contributed by atoms with van der Waals surface area (Å²) < 4.78 is 5.58. The standard InChI is InChI=1S/C24H28ClNO4S/c1-14-12-15(2)22(17(4)27)16(3)19(14)13-30-24(29)21(10-11-31-5)26-23(28)18-8-6-7-9-20(18)25/h6-9,12,21H,10-11,13H2,1-5H3,(H,26,28). The molecule has 1 atom stereocenters. The fraction of sp³-hybridized carbons (Fsp3) is 0.375. The number of nitrogens with one attached hydrogen (secondary N) is 1. The number of aryl methyl sites for hydroxylation is 2. The Hall–Kier alpha value is -2.31. The Balaban J connectivity index is 2.18. The van der Waals surface area contributed by atoms with Crippen LogP contribution in [0.5, 0.6) is 0 Å². The van der Waals surface area contributed by atoms with Crippen molar-refractivity contribution in [3.05, 3.63) is 68.7 Å². The number of hydrogen-bond acceptors (Lipinski definition) is 5. The van der Waals surface area contributed by atoms with Gasteiger partial charge in [0, 0.05) is 5.56 Å². The summed E-state index contributed by atoms with van der Waals surface area (Å²) in [5.41, 5.74) is 4.45. The minimum absolute atomic E-state index is 0.0209. The number of amides is 1. The highest BCUT2D eigenvalue weighted by molar-refractivity contribution is 7.98. The van der Waals surface area contributed by atoms with Gasteiger partial charge in [-0.1, -0.05) is 29.8 Å². The molecule has 0 spiro atoms. The van der Waals surface area contributed by atoms with Crippen molar-refractivity contribution in [2.45, 2.75) is 46.8 Å². The van der Waals surface area contributed by atoms with Crippen LogP contribution < -0.4 is 5.32 Å². The lowest BCUT2D eigenvalue weighted by Crippen LogP contribution is -2.42. The molecule has 2 aromatic carbocycles. The van der Waals surface area contributed by atoms with Crippen LogP contribution in [-0.4, -0.2) is 35.7 Å². The average molecular weight is 462 g/mol. The number of rotatable bonds is 9. The number of hydrogen-bond donors (Lipinski definition) is 1. The van der Waals surface area contributed by atoms with Crippen molar-refractivity contribution in [1.82, 2.24) is 5.32 Å². The van der Waals surface area contributed by atoms with E-state index in [0.717, 1.165) is 22.3 Å². The number of carbonyl (C=O) groups excluding carboxylic acids is 3. The molecule has 0 aromatic heterocycles. The number of thioether (sulfide) groups is 1. The minimum Gasteiger partial charge on any atom is -0.459 e. The molecule has 0 saturated carbocycles. The van der Waals surface area contributed by atoms with Crippen molar-refractivity contribution in [3.8, 4) is 0 Å². The molecule has 0 saturated heterocycles. The van der Waals surface area contributed by atoms with E-state index in [1.165, 1.54) is 6.92 Å². The van der Waals surface area contributed by atoms with Crippen LogP contribution in [0.4, 0.5) is 0 Å². The maximum absolute atomic E-state index is 12.8. The average Bonchev–Trinajstić information content (AvgIpc) is 2.70. The summed E-state index contributed by atoms with van der Waals surface area (Å²) in [4.78, 5) is 37.5. The monoisotopic (exact) mass is 461 g/mol. The first-order valence-electron chi connectivity index (χ1n) is 9.98. The van der Waals surface area contributed by atoms with Crippen LogP contribution in [-0.2, 0) is 16.1 Å². The van der Waals surface area contributed by atoms with Crippen molar-refractivity contribution in [3.63, 3.8) is 0 Å². The zero-order valence-electron chi connectivity index (χ0n) is 18.5. The van der Waals surface area contributed by atoms with Gasteiger partial charge >= 0.3 is 5.97 Å². The van der Waals surface area contributed by atoms with Gasteiger partial charge in [-0.3, -0.25) is 9.59 Å². The van der Waals surface area contributed by atoms with Gasteiger partial charge in [0.15, 0.2) is 5.78 Å². The molecule has 0 bridgehead atoms. The lowest BCUT2D eigenvalue weighted by molar-refractivity contribution is -0.147. The van der Waals surface area contributed by atoms with Gasteiger partial charge in [0.25, 0.3) is 5.91 Å². The van der Waals surface area contributed by atoms with Crippen LogP contribution >= 0.6 is 23.4 Å². The molecular formula is C24H28ClNO4S. The van der Waals surface area contributed by atoms with Gasteiger partial charge in [0.05, 0.1) is 10.6 Å². The van der Waals surface area contributed by atoms with E-state index in [4.69, 9.17) is 16.3 Å². The summed E-state index contributed by atoms with van der Waals surface area (Å²) >= 11 is 7.68. The first-order chi connectivity index (χ1) is 14.7. The van der Waals surface area contributed by atoms with Gasteiger partial charge in [-0.25, -0.2) is 4.79 Å². The summed E-state index contributed by atoms with van der Waals surface area (Å²) in [6.07, 6.45) is 2.36. The van der Waals surface area contributed by atoms with Crippen molar-refractivity contribution in [1.29, 1.82) is 0 Å². The summed E-state index contributed by atoms with van der Waals surface area (Å²) in [5.74, 6) is -0.277. The number of benzene rings is 2. The second kappa shape index (κ2) is 11.3. The predicted molar refractivity (Wildman–Crippen MR) is 126 cm³/mol. The number of ether oxygens (including phenoxy) is 1. The molecular weight excluding hydrogens is 434 g/mol. The van der Waals surface area contributed by atoms with Crippen LogP contribution in [0.2, 0.25) is 5.02 Å². The van der Waals surface area contributed by atoms with Crippen LogP contribution in [0.3, 0.4) is 0 Å². The molecule has 0 aliphatic heterocycles. The van der Waals surface area contributed by atoms with E-state index in [-0.39, 0.29) is 12.4 Å². The second-order valence-electron chi connectivity index (χ2n) is 7.44. The molecule has 2 rings (SSSR count). The predicted octanol–water partition coefficient (Wildman–Crippen LogP) is 5.06. The topological polar surface area (TPSA) is 72.5 Å². The van der Waals surface area contributed by atoms with E-state index in [2.05, 4.69) is 5.32 Å². The SMILES string of the molecule is CSCCC(NC(=O)c1ccccc1Cl)C(=O)OCc1c(C)cc(C)c(C(C)=O)c1C. The van der Waals surface area contributed by atoms with Crippen LogP contribution in [0, 0.1) is 20.8 Å². The van der Waals surface area contributed by atoms with E-state index in [1.807, 2.05) is 33.1 Å². The Morgan fingerprint density at radius 2 is 1.81 bits per heavy atom. The number of ketones is 1. The quantitative estimate of drug-likeness (QED) is 0.417. The smallest absolute Gasteiger partial charge is 0.329 e. The van der Waals surface area contributed by atoms with Gasteiger partial charge in [0.2, 0.25) is 0 Å². The fourth-order valence-corrected chi connectivity index (χ4v) is 4.29. The van der Waals surface area contributed by atoms with E-state index >= 15 is 0 Å². The molecule has 7 heteroatoms. The van der Waals surface area contributed by atoms with Crippen molar-refractivity contribution in [2.24, 2.45) is 0 Å². The van der Waals surface area contributed by atoms with Crippen LogP contribution in [0.15, 0.2) is 30.3 Å². The molecule has 0 radical (unpaired) electrons. The van der Waals surface area contributed by atoms with E-state index in [0.29, 0.717) is 28.3 Å². The Labute approximate surface area is 192 Å². The molecule has 1 amide bonds. The third-order valence-electron chi connectivity index (χ3n) is 5.16. The Morgan fingerprint density at radius 3 is 2.42 bits per heavy atom. The molecule has 166 valence electrons. The lowest BCUT2D eigenvalue weighted by Gasteiger charge is -2.20. The third kappa shape index (κ3) is 6.34. The second-order valence-corrected chi connectivity index (χ2v) is 8.83. The molecule has 0 aliphatic carbocycles. The van der Waals surface area contributed by atoms with Crippen molar-refractivity contribution < 1.29 is 19.1 Å². The van der Waals surface area contributed by atoms with Crippen molar-refractivity contribution >= 4 is 41.0 Å². The van der Waals surface area contributed by atoms with Crippen LogP contribution in [0.1, 0.15) is 56.3 Å². The molecule has 0 aliphatic rings. The zero-order valence-corrected chi connectivity index (χ0v) is 20.1. The van der Waals surface area contributed by atoms with Gasteiger partial charge in [-0.05, 0) is 80.5 Å². The Kier molecular flexibility index (Phi) is 9.14. The maximum Gasteiger partial charge on any atom is 0.329 e. The molecule has 5 nitrogen and oxygen atoms in total. The number of carbonyl (C=O) groups is 3. The number of halogens is 1. The molecule has 2 aromatic rings. The van der Waals surface area contributed by atoms with Gasteiger partial charge < -0.3 is 10.1 Å². The lowest BCUT2D eigenvalue weighted by atomic mass is 9.92. The molecule has 1 N–H and O–H groups in total. The zero-order chi connectivity index (χ0) is 23.1. The third-order valence-corrected chi connectivity index (χ3v) is 6.13. The number of Topliss-reactive ketones (excluding diaryl/α,β-unsaturated/α-hetero) is 1. The normalized spacial score (nSPS) is 11.7. The Bertz CT molecular complexity index is 990. The first kappa shape index (κ1) is 25.0. The molecule has 31 heavy (non-hydrogen) atoms. The van der Waals surface area contributed by atoms with E-state index in [1.54, 1.807) is 36.0 Å². The minimum atomic E-state index is -0.797. The summed E-state index contributed by atoms with van der Waals surface area (Å²) in [5, 5.41) is 3.07. The highest BCUT2D eigenvalue weighted by Crippen LogP contribution is 2.24. The van der Waals surface area contributed by atoms with Crippen LogP contribution in [0.25, 0.3) is 0 Å². The molecule has 0 fully saturated rings. The van der Waals surface area contributed by atoms with Gasteiger partial charge in [-0.15, -0.1) is 0 Å². The summed E-state index contributed by atoms with van der Waals surface area (Å²) in [6.45, 7) is 7.26. The largest absolute Gasteiger partial charge is 0.459 e. The molecule has 1 unspecified atom stereocenters. The van der Waals surface area contributed by atoms with Crippen molar-refractivity contribution in [2.75, 3.05) is 12.0 Å². The van der Waals surface area contributed by atoms with Gasteiger partial charge in [0.1, 0.15) is 12.6 Å².